The fourth-order valence-corrected chi connectivity index (χ4v) is 3.21. The fourth-order valence-electron chi connectivity index (χ4n) is 3.21. The fraction of sp³-hybridized carbons (Fsp3) is 0.294. The molecule has 112 valence electrons. The van der Waals surface area contributed by atoms with E-state index in [2.05, 4.69) is 28.3 Å². The van der Waals surface area contributed by atoms with Crippen molar-refractivity contribution in [2.24, 2.45) is 0 Å². The zero-order valence-corrected chi connectivity index (χ0v) is 12.3. The molecule has 3 aromatic rings. The second-order valence-electron chi connectivity index (χ2n) is 5.71. The monoisotopic (exact) mass is 294 g/mol. The zero-order valence-electron chi connectivity index (χ0n) is 12.3. The molecule has 0 bridgehead atoms. The van der Waals surface area contributed by atoms with E-state index >= 15 is 0 Å². The maximum absolute atomic E-state index is 12.4. The van der Waals surface area contributed by atoms with Crippen LogP contribution in [-0.2, 0) is 24.3 Å². The first-order chi connectivity index (χ1) is 10.8. The first-order valence-electron chi connectivity index (χ1n) is 7.65. The Morgan fingerprint density at radius 1 is 1.27 bits per heavy atom. The summed E-state index contributed by atoms with van der Waals surface area (Å²) in [5, 5.41) is 5.43. The van der Waals surface area contributed by atoms with Crippen LogP contribution in [0.3, 0.4) is 0 Å². The molecule has 1 aliphatic rings. The summed E-state index contributed by atoms with van der Waals surface area (Å²) >= 11 is 0. The van der Waals surface area contributed by atoms with Crippen molar-refractivity contribution in [1.82, 2.24) is 19.7 Å². The van der Waals surface area contributed by atoms with Gasteiger partial charge in [-0.1, -0.05) is 18.2 Å². The number of hydrogen-bond donors (Lipinski definition) is 1. The SMILES string of the molecule is O=C(CCn1cccn1)N1CCc2c([nH]c3ccccc23)C1. The van der Waals surface area contributed by atoms with E-state index in [0.717, 1.165) is 13.0 Å². The van der Waals surface area contributed by atoms with Gasteiger partial charge in [0.2, 0.25) is 5.91 Å². The third-order valence-electron chi connectivity index (χ3n) is 4.35. The van der Waals surface area contributed by atoms with Crippen LogP contribution in [-0.4, -0.2) is 32.1 Å². The van der Waals surface area contributed by atoms with Crippen molar-refractivity contribution < 1.29 is 4.79 Å². The van der Waals surface area contributed by atoms with Crippen LogP contribution in [0.1, 0.15) is 17.7 Å². The first-order valence-corrected chi connectivity index (χ1v) is 7.65. The standard InChI is InChI=1S/C17H18N4O/c22-17(7-11-21-9-3-8-18-21)20-10-6-14-13-4-1-2-5-15(13)19-16(14)12-20/h1-5,8-9,19H,6-7,10-12H2. The van der Waals surface area contributed by atoms with Gasteiger partial charge in [0.15, 0.2) is 0 Å². The average molecular weight is 294 g/mol. The van der Waals surface area contributed by atoms with Crippen LogP contribution in [0.5, 0.6) is 0 Å². The molecule has 0 radical (unpaired) electrons. The van der Waals surface area contributed by atoms with Gasteiger partial charge in [-0.3, -0.25) is 9.48 Å². The summed E-state index contributed by atoms with van der Waals surface area (Å²) in [6, 6.07) is 10.2. The smallest absolute Gasteiger partial charge is 0.224 e. The van der Waals surface area contributed by atoms with Gasteiger partial charge in [-0.25, -0.2) is 0 Å². The Morgan fingerprint density at radius 2 is 2.18 bits per heavy atom. The molecule has 0 saturated heterocycles. The van der Waals surface area contributed by atoms with Crippen molar-refractivity contribution in [2.45, 2.75) is 25.9 Å². The van der Waals surface area contributed by atoms with Crippen molar-refractivity contribution in [3.05, 3.63) is 54.0 Å². The molecule has 0 saturated carbocycles. The molecular weight excluding hydrogens is 276 g/mol. The summed E-state index contributed by atoms with van der Waals surface area (Å²) in [7, 11) is 0. The number of aromatic amines is 1. The number of para-hydroxylation sites is 1. The predicted octanol–water partition coefficient (Wildman–Crippen LogP) is 2.34. The lowest BCUT2D eigenvalue weighted by molar-refractivity contribution is -0.132. The Balaban J connectivity index is 1.48. The Kier molecular flexibility index (Phi) is 3.18. The molecule has 0 atom stereocenters. The number of H-pyrrole nitrogens is 1. The lowest BCUT2D eigenvalue weighted by Crippen LogP contribution is -2.36. The minimum absolute atomic E-state index is 0.194. The summed E-state index contributed by atoms with van der Waals surface area (Å²) in [4.78, 5) is 17.8. The molecular formula is C17H18N4O. The number of benzene rings is 1. The molecule has 1 amide bonds. The maximum Gasteiger partial charge on any atom is 0.224 e. The topological polar surface area (TPSA) is 53.9 Å². The quantitative estimate of drug-likeness (QED) is 0.806. The van der Waals surface area contributed by atoms with Crippen LogP contribution >= 0.6 is 0 Å². The Labute approximate surface area is 128 Å². The number of carbonyl (C=O) groups excluding carboxylic acids is 1. The molecule has 1 aromatic carbocycles. The number of fused-ring (bicyclic) bond motifs is 3. The molecule has 0 unspecified atom stereocenters. The van der Waals surface area contributed by atoms with Gasteiger partial charge in [0.05, 0.1) is 6.54 Å². The van der Waals surface area contributed by atoms with Crippen LogP contribution in [0.4, 0.5) is 0 Å². The first kappa shape index (κ1) is 13.1. The molecule has 1 N–H and O–H groups in total. The molecule has 4 rings (SSSR count). The van der Waals surface area contributed by atoms with Crippen molar-refractivity contribution in [3.8, 4) is 0 Å². The van der Waals surface area contributed by atoms with Gasteiger partial charge in [0.1, 0.15) is 0 Å². The Bertz CT molecular complexity index is 803. The van der Waals surface area contributed by atoms with E-state index in [0.29, 0.717) is 19.5 Å². The Morgan fingerprint density at radius 3 is 3.05 bits per heavy atom. The van der Waals surface area contributed by atoms with Gasteiger partial charge in [-0.05, 0) is 24.1 Å². The van der Waals surface area contributed by atoms with Crippen LogP contribution in [0.25, 0.3) is 10.9 Å². The number of hydrogen-bond acceptors (Lipinski definition) is 2. The van der Waals surface area contributed by atoms with Crippen molar-refractivity contribution in [2.75, 3.05) is 6.54 Å². The van der Waals surface area contributed by atoms with Gasteiger partial charge in [-0.2, -0.15) is 5.10 Å². The maximum atomic E-state index is 12.4. The molecule has 0 spiro atoms. The highest BCUT2D eigenvalue weighted by atomic mass is 16.2. The summed E-state index contributed by atoms with van der Waals surface area (Å²) in [5.74, 6) is 0.194. The van der Waals surface area contributed by atoms with E-state index in [-0.39, 0.29) is 5.91 Å². The molecule has 0 fully saturated rings. The van der Waals surface area contributed by atoms with Gasteiger partial charge >= 0.3 is 0 Å². The van der Waals surface area contributed by atoms with Crippen LogP contribution in [0, 0.1) is 0 Å². The molecule has 3 heterocycles. The number of rotatable bonds is 3. The number of aromatic nitrogens is 3. The largest absolute Gasteiger partial charge is 0.357 e. The number of nitrogens with zero attached hydrogens (tertiary/aromatic N) is 3. The Hall–Kier alpha value is -2.56. The lowest BCUT2D eigenvalue weighted by Gasteiger charge is -2.27. The van der Waals surface area contributed by atoms with Crippen molar-refractivity contribution in [1.29, 1.82) is 0 Å². The average Bonchev–Trinajstić information content (AvgIpc) is 3.19. The summed E-state index contributed by atoms with van der Waals surface area (Å²) in [5.41, 5.74) is 3.71. The van der Waals surface area contributed by atoms with Gasteiger partial charge < -0.3 is 9.88 Å². The zero-order chi connectivity index (χ0) is 14.9. The number of aryl methyl sites for hydroxylation is 1. The minimum atomic E-state index is 0.194. The van der Waals surface area contributed by atoms with Crippen LogP contribution < -0.4 is 0 Å². The highest BCUT2D eigenvalue weighted by Gasteiger charge is 2.23. The molecule has 0 aliphatic carbocycles. The third-order valence-corrected chi connectivity index (χ3v) is 4.35. The number of nitrogens with one attached hydrogen (secondary N) is 1. The summed E-state index contributed by atoms with van der Waals surface area (Å²) in [6.07, 6.45) is 5.05. The van der Waals surface area contributed by atoms with Crippen LogP contribution in [0.2, 0.25) is 0 Å². The van der Waals surface area contributed by atoms with E-state index in [1.165, 1.54) is 22.2 Å². The minimum Gasteiger partial charge on any atom is -0.357 e. The van der Waals surface area contributed by atoms with Crippen LogP contribution in [0.15, 0.2) is 42.7 Å². The number of carbonyl (C=O) groups is 1. The molecule has 5 nitrogen and oxygen atoms in total. The lowest BCUT2D eigenvalue weighted by atomic mass is 10.0. The van der Waals surface area contributed by atoms with Crippen molar-refractivity contribution >= 4 is 16.8 Å². The van der Waals surface area contributed by atoms with E-state index in [1.807, 2.05) is 23.2 Å². The molecule has 5 heteroatoms. The highest BCUT2D eigenvalue weighted by Crippen LogP contribution is 2.27. The van der Waals surface area contributed by atoms with E-state index < -0.39 is 0 Å². The third kappa shape index (κ3) is 2.28. The normalized spacial score (nSPS) is 14.3. The second-order valence-corrected chi connectivity index (χ2v) is 5.71. The van der Waals surface area contributed by atoms with Crippen molar-refractivity contribution in [3.63, 3.8) is 0 Å². The summed E-state index contributed by atoms with van der Waals surface area (Å²) < 4.78 is 1.80. The van der Waals surface area contributed by atoms with E-state index in [9.17, 15) is 4.79 Å². The number of amides is 1. The predicted molar refractivity (Wildman–Crippen MR) is 84.3 cm³/mol. The molecule has 1 aliphatic heterocycles. The molecule has 2 aromatic heterocycles. The van der Waals surface area contributed by atoms with Gasteiger partial charge in [-0.15, -0.1) is 0 Å². The molecule has 22 heavy (non-hydrogen) atoms. The van der Waals surface area contributed by atoms with Gasteiger partial charge in [0.25, 0.3) is 0 Å². The van der Waals surface area contributed by atoms with E-state index in [1.54, 1.807) is 10.9 Å². The second kappa shape index (κ2) is 5.33. The van der Waals surface area contributed by atoms with E-state index in [4.69, 9.17) is 0 Å². The highest BCUT2D eigenvalue weighted by molar-refractivity contribution is 5.85. The van der Waals surface area contributed by atoms with Gasteiger partial charge in [0, 0.05) is 48.5 Å². The summed E-state index contributed by atoms with van der Waals surface area (Å²) in [6.45, 7) is 2.12.